The van der Waals surface area contributed by atoms with Gasteiger partial charge in [-0.05, 0) is 30.2 Å². The number of aryl methyl sites for hydroxylation is 1. The van der Waals surface area contributed by atoms with Crippen LogP contribution in [0.4, 0.5) is 11.6 Å². The predicted octanol–water partition coefficient (Wildman–Crippen LogP) is 1.03. The van der Waals surface area contributed by atoms with Crippen LogP contribution in [-0.2, 0) is 13.5 Å². The van der Waals surface area contributed by atoms with Gasteiger partial charge in [0.05, 0.1) is 0 Å². The van der Waals surface area contributed by atoms with E-state index in [-0.39, 0.29) is 0 Å². The van der Waals surface area contributed by atoms with Crippen molar-refractivity contribution < 1.29 is 0 Å². The van der Waals surface area contributed by atoms with Gasteiger partial charge in [0, 0.05) is 24.8 Å². The third-order valence-corrected chi connectivity index (χ3v) is 2.87. The molecule has 1 aromatic heterocycles. The summed E-state index contributed by atoms with van der Waals surface area (Å²) >= 11 is 0. The summed E-state index contributed by atoms with van der Waals surface area (Å²) in [5, 5.41) is 7.59. The van der Waals surface area contributed by atoms with Crippen LogP contribution in [0.15, 0.2) is 18.2 Å². The molecule has 5 nitrogen and oxygen atoms in total. The summed E-state index contributed by atoms with van der Waals surface area (Å²) in [5.41, 5.74) is 9.23. The number of nitrogen functional groups attached to an aromatic ring is 1. The van der Waals surface area contributed by atoms with Crippen LogP contribution in [0, 0.1) is 0 Å². The molecule has 0 atom stereocenters. The zero-order chi connectivity index (χ0) is 11.1. The van der Waals surface area contributed by atoms with E-state index in [0.717, 1.165) is 18.5 Å². The summed E-state index contributed by atoms with van der Waals surface area (Å²) in [6, 6.07) is 6.22. The fraction of sp³-hybridized carbons (Fsp3) is 0.273. The molecule has 1 aliphatic rings. The third-order valence-electron chi connectivity index (χ3n) is 2.87. The second-order valence-electron chi connectivity index (χ2n) is 3.97. The molecule has 1 aliphatic heterocycles. The van der Waals surface area contributed by atoms with E-state index < -0.39 is 0 Å². The van der Waals surface area contributed by atoms with E-state index in [0.29, 0.717) is 11.8 Å². The zero-order valence-electron chi connectivity index (χ0n) is 9.07. The molecule has 1 aromatic carbocycles. The molecule has 0 bridgehead atoms. The summed E-state index contributed by atoms with van der Waals surface area (Å²) in [7, 11) is 1.79. The highest BCUT2D eigenvalue weighted by Gasteiger charge is 2.13. The van der Waals surface area contributed by atoms with E-state index in [1.54, 1.807) is 11.7 Å². The first-order valence-corrected chi connectivity index (χ1v) is 5.28. The van der Waals surface area contributed by atoms with Crippen molar-refractivity contribution in [2.75, 3.05) is 17.6 Å². The molecule has 0 saturated carbocycles. The molecular formula is C11H13N5. The zero-order valence-corrected chi connectivity index (χ0v) is 9.07. The van der Waals surface area contributed by atoms with E-state index in [1.807, 2.05) is 6.07 Å². The number of benzene rings is 1. The molecule has 0 aliphatic carbocycles. The Bertz CT molecular complexity index is 524. The summed E-state index contributed by atoms with van der Waals surface area (Å²) in [6.07, 6.45) is 1.06. The number of nitrogens with one attached hydrogen (secondary N) is 1. The lowest BCUT2D eigenvalue weighted by Crippen LogP contribution is -1.97. The topological polar surface area (TPSA) is 68.8 Å². The van der Waals surface area contributed by atoms with E-state index in [9.17, 15) is 0 Å². The minimum atomic E-state index is 0.439. The van der Waals surface area contributed by atoms with Crippen LogP contribution in [-0.4, -0.2) is 21.3 Å². The van der Waals surface area contributed by atoms with Gasteiger partial charge < -0.3 is 11.1 Å². The van der Waals surface area contributed by atoms with Gasteiger partial charge in [0.1, 0.15) is 0 Å². The second-order valence-corrected chi connectivity index (χ2v) is 3.97. The number of aromatic nitrogens is 3. The summed E-state index contributed by atoms with van der Waals surface area (Å²) < 4.78 is 1.58. The Balaban J connectivity index is 2.07. The molecule has 3 rings (SSSR count). The van der Waals surface area contributed by atoms with E-state index >= 15 is 0 Å². The first kappa shape index (κ1) is 9.21. The largest absolute Gasteiger partial charge is 0.384 e. The first-order valence-electron chi connectivity index (χ1n) is 5.28. The number of hydrogen-bond acceptors (Lipinski definition) is 4. The Hall–Kier alpha value is -2.04. The predicted molar refractivity (Wildman–Crippen MR) is 63.0 cm³/mol. The molecule has 0 amide bonds. The molecule has 2 aromatic rings. The molecule has 3 N–H and O–H groups in total. The van der Waals surface area contributed by atoms with Crippen molar-refractivity contribution in [1.82, 2.24) is 14.8 Å². The Morgan fingerprint density at radius 2 is 2.31 bits per heavy atom. The van der Waals surface area contributed by atoms with Crippen molar-refractivity contribution in [2.45, 2.75) is 6.42 Å². The second kappa shape index (κ2) is 3.23. The highest BCUT2D eigenvalue weighted by atomic mass is 15.4. The van der Waals surface area contributed by atoms with Crippen LogP contribution in [0.2, 0.25) is 0 Å². The van der Waals surface area contributed by atoms with Crippen LogP contribution in [0.25, 0.3) is 11.4 Å². The number of fused-ring (bicyclic) bond motifs is 1. The lowest BCUT2D eigenvalue weighted by atomic mass is 10.1. The van der Waals surface area contributed by atoms with Gasteiger partial charge in [-0.25, -0.2) is 4.68 Å². The Morgan fingerprint density at radius 1 is 1.44 bits per heavy atom. The molecule has 0 saturated heterocycles. The normalized spacial score (nSPS) is 13.6. The summed E-state index contributed by atoms with van der Waals surface area (Å²) in [6.45, 7) is 1.01. The molecule has 0 radical (unpaired) electrons. The number of anilines is 2. The fourth-order valence-corrected chi connectivity index (χ4v) is 1.96. The monoisotopic (exact) mass is 215 g/mol. The van der Waals surface area contributed by atoms with E-state index in [4.69, 9.17) is 5.73 Å². The minimum Gasteiger partial charge on any atom is -0.384 e. The van der Waals surface area contributed by atoms with Gasteiger partial charge in [0.15, 0.2) is 5.82 Å². The number of hydrogen-bond donors (Lipinski definition) is 2. The van der Waals surface area contributed by atoms with Crippen LogP contribution >= 0.6 is 0 Å². The van der Waals surface area contributed by atoms with Crippen LogP contribution in [0.5, 0.6) is 0 Å². The molecule has 82 valence electrons. The van der Waals surface area contributed by atoms with Gasteiger partial charge in [-0.2, -0.15) is 4.98 Å². The maximum absolute atomic E-state index is 5.67. The van der Waals surface area contributed by atoms with Crippen LogP contribution in [0.3, 0.4) is 0 Å². The lowest BCUT2D eigenvalue weighted by molar-refractivity contribution is 0.781. The molecule has 5 heteroatoms. The SMILES string of the molecule is Cn1nc(-c2ccc3c(c2)CCN3)nc1N. The average molecular weight is 215 g/mol. The Morgan fingerprint density at radius 3 is 3.06 bits per heavy atom. The van der Waals surface area contributed by atoms with Gasteiger partial charge >= 0.3 is 0 Å². The van der Waals surface area contributed by atoms with Gasteiger partial charge in [-0.1, -0.05) is 0 Å². The molecule has 0 spiro atoms. The first-order chi connectivity index (χ1) is 7.74. The Kier molecular flexibility index (Phi) is 1.86. The third kappa shape index (κ3) is 1.32. The molecule has 0 unspecified atom stereocenters. The molecule has 2 heterocycles. The number of nitrogens with zero attached hydrogens (tertiary/aromatic N) is 3. The molecule has 0 fully saturated rings. The average Bonchev–Trinajstić information content (AvgIpc) is 2.85. The lowest BCUT2D eigenvalue weighted by Gasteiger charge is -2.00. The number of nitrogens with two attached hydrogens (primary N) is 1. The van der Waals surface area contributed by atoms with Crippen molar-refractivity contribution in [1.29, 1.82) is 0 Å². The minimum absolute atomic E-state index is 0.439. The van der Waals surface area contributed by atoms with Gasteiger partial charge in [0.25, 0.3) is 0 Å². The summed E-state index contributed by atoms with van der Waals surface area (Å²) in [5.74, 6) is 1.13. The maximum atomic E-state index is 5.67. The van der Waals surface area contributed by atoms with Crippen molar-refractivity contribution in [2.24, 2.45) is 7.05 Å². The van der Waals surface area contributed by atoms with Gasteiger partial charge in [0.2, 0.25) is 5.95 Å². The van der Waals surface area contributed by atoms with E-state index in [1.165, 1.54) is 11.3 Å². The van der Waals surface area contributed by atoms with Crippen LogP contribution in [0.1, 0.15) is 5.56 Å². The fourth-order valence-electron chi connectivity index (χ4n) is 1.96. The van der Waals surface area contributed by atoms with Crippen molar-refractivity contribution >= 4 is 11.6 Å². The highest BCUT2D eigenvalue weighted by Crippen LogP contribution is 2.27. The Labute approximate surface area is 93.3 Å². The van der Waals surface area contributed by atoms with E-state index in [2.05, 4.69) is 27.5 Å². The maximum Gasteiger partial charge on any atom is 0.218 e. The van der Waals surface area contributed by atoms with Gasteiger partial charge in [-0.3, -0.25) is 0 Å². The van der Waals surface area contributed by atoms with Crippen molar-refractivity contribution in [3.05, 3.63) is 23.8 Å². The summed E-state index contributed by atoms with van der Waals surface area (Å²) in [4.78, 5) is 4.22. The van der Waals surface area contributed by atoms with Crippen LogP contribution < -0.4 is 11.1 Å². The highest BCUT2D eigenvalue weighted by molar-refractivity contribution is 5.66. The number of rotatable bonds is 1. The molecule has 16 heavy (non-hydrogen) atoms. The smallest absolute Gasteiger partial charge is 0.218 e. The van der Waals surface area contributed by atoms with Gasteiger partial charge in [-0.15, -0.1) is 5.10 Å². The van der Waals surface area contributed by atoms with Crippen molar-refractivity contribution in [3.8, 4) is 11.4 Å². The standard InChI is InChI=1S/C11H13N5/c1-16-11(12)14-10(15-16)8-2-3-9-7(6-8)4-5-13-9/h2-3,6,13H,4-5H2,1H3,(H2,12,14,15). The molecular weight excluding hydrogens is 202 g/mol. The van der Waals surface area contributed by atoms with Crippen molar-refractivity contribution in [3.63, 3.8) is 0 Å². The quantitative estimate of drug-likeness (QED) is 0.745.